The number of carbonyl (C=O) groups excluding carboxylic acids is 4. The van der Waals surface area contributed by atoms with Crippen LogP contribution in [-0.4, -0.2) is 101 Å². The molecule has 15 nitrogen and oxygen atoms in total. The van der Waals surface area contributed by atoms with Crippen molar-refractivity contribution in [3.8, 4) is 28.1 Å². The van der Waals surface area contributed by atoms with E-state index in [1.807, 2.05) is 79.0 Å². The molecule has 5 heterocycles. The van der Waals surface area contributed by atoms with Crippen LogP contribution in [0.5, 0.6) is 5.75 Å². The van der Waals surface area contributed by atoms with Crippen molar-refractivity contribution in [1.82, 2.24) is 30.2 Å². The van der Waals surface area contributed by atoms with Gasteiger partial charge in [-0.3, -0.25) is 19.6 Å². The van der Waals surface area contributed by atoms with E-state index in [1.54, 1.807) is 25.7 Å². The molecule has 6 aromatic rings. The highest BCUT2D eigenvalue weighted by Gasteiger charge is 2.36. The number of hydrazine groups is 1. The number of hydrogen-bond donors (Lipinski definition) is 2. The van der Waals surface area contributed by atoms with Crippen LogP contribution in [0.15, 0.2) is 109 Å². The average Bonchev–Trinajstić information content (AvgIpc) is 3.72. The number of ether oxygens (including phenoxy) is 4. The van der Waals surface area contributed by atoms with E-state index in [9.17, 15) is 19.2 Å². The number of pyridine rings is 1. The Morgan fingerprint density at radius 3 is 2.26 bits per heavy atom. The lowest BCUT2D eigenvalue weighted by Gasteiger charge is -2.36. The fourth-order valence-corrected chi connectivity index (χ4v) is 10.5. The average molecular weight is 1030 g/mol. The van der Waals surface area contributed by atoms with Crippen LogP contribution in [0, 0.1) is 5.41 Å². The predicted molar refractivity (Wildman–Crippen MR) is 295 cm³/mol. The van der Waals surface area contributed by atoms with Crippen molar-refractivity contribution < 1.29 is 38.1 Å². The topological polar surface area (TPSA) is 157 Å². The Labute approximate surface area is 446 Å². The van der Waals surface area contributed by atoms with Gasteiger partial charge in [-0.2, -0.15) is 0 Å². The summed E-state index contributed by atoms with van der Waals surface area (Å²) in [7, 11) is 0. The summed E-state index contributed by atoms with van der Waals surface area (Å²) in [5, 5.41) is 5.38. The van der Waals surface area contributed by atoms with Gasteiger partial charge in [0.15, 0.2) is 0 Å². The molecule has 0 spiro atoms. The number of carbonyl (C=O) groups is 4. The standard InChI is InChI=1S/C61H73N7O8/c1-9-67-53-23-22-44-33-48(53)50(55(67)49-34-46(36-62-54(49)40(2)3)65-25-27-66(28-26-65)59(72)74-38-42-19-14-11-15-20-42)35-61(7,8)39-75-57(70)51-21-16-24-68(64-51)56(69)52(63-58(71)76-60(4,5)6)31-43-29-45(44)32-47(30-43)73-37-41-17-12-10-13-18-41/h10-15,17-20,22-23,29-30,32-34,36,40,51-52,64H,9,16,21,24-28,31,35,37-39H2,1-8H3,(H,63,71)/t51-,52-/m0/s1. The SMILES string of the molecule is CCn1c(-c2cc(N3CCN(C(=O)OCc4ccccc4)CC3)cnc2C(C)C)c2c3cc(ccc31)-c1cc(cc(OCc3ccccc3)c1)C[C@H](NC(=O)OC(C)(C)C)C(=O)N1CCC[C@H](N1)C(=O)OCC(C)(C)C2. The molecule has 6 bridgehead atoms. The molecule has 2 N–H and O–H groups in total. The van der Waals surface area contributed by atoms with Gasteiger partial charge in [0, 0.05) is 67.6 Å². The monoisotopic (exact) mass is 1030 g/mol. The normalized spacial score (nSPS) is 18.2. The summed E-state index contributed by atoms with van der Waals surface area (Å²) in [6.45, 7) is 20.0. The molecule has 2 aromatic heterocycles. The van der Waals surface area contributed by atoms with E-state index in [0.717, 1.165) is 66.9 Å². The van der Waals surface area contributed by atoms with E-state index in [-0.39, 0.29) is 31.6 Å². The van der Waals surface area contributed by atoms with E-state index in [4.69, 9.17) is 23.9 Å². The summed E-state index contributed by atoms with van der Waals surface area (Å²) in [4.78, 5) is 64.7. The van der Waals surface area contributed by atoms with Gasteiger partial charge in [0.25, 0.3) is 5.91 Å². The number of fused-ring (bicyclic) bond motifs is 6. The molecular weight excluding hydrogens is 959 g/mol. The minimum Gasteiger partial charge on any atom is -0.489 e. The van der Waals surface area contributed by atoms with Gasteiger partial charge in [-0.15, -0.1) is 0 Å². The minimum absolute atomic E-state index is 0.0830. The van der Waals surface area contributed by atoms with Crippen molar-refractivity contribution in [1.29, 1.82) is 0 Å². The van der Waals surface area contributed by atoms with Crippen molar-refractivity contribution in [3.63, 3.8) is 0 Å². The lowest BCUT2D eigenvalue weighted by molar-refractivity contribution is -0.155. The van der Waals surface area contributed by atoms with Gasteiger partial charge in [-0.1, -0.05) is 100 Å². The summed E-state index contributed by atoms with van der Waals surface area (Å²) >= 11 is 0. The van der Waals surface area contributed by atoms with Gasteiger partial charge in [0.1, 0.15) is 36.6 Å². The summed E-state index contributed by atoms with van der Waals surface area (Å²) in [6.07, 6.45) is 2.60. The van der Waals surface area contributed by atoms with Crippen molar-refractivity contribution in [3.05, 3.63) is 137 Å². The van der Waals surface area contributed by atoms with E-state index >= 15 is 0 Å². The third-order valence-corrected chi connectivity index (χ3v) is 14.3. The highest BCUT2D eigenvalue weighted by molar-refractivity contribution is 5.96. The first kappa shape index (κ1) is 53.4. The summed E-state index contributed by atoms with van der Waals surface area (Å²) < 4.78 is 26.6. The molecule has 3 aliphatic heterocycles. The molecule has 4 aromatic carbocycles. The molecule has 0 unspecified atom stereocenters. The first-order valence-electron chi connectivity index (χ1n) is 26.8. The molecule has 3 amide bonds. The lowest BCUT2D eigenvalue weighted by atomic mass is 9.83. The van der Waals surface area contributed by atoms with Gasteiger partial charge in [-0.25, -0.2) is 15.0 Å². The van der Waals surface area contributed by atoms with Crippen LogP contribution in [-0.2, 0) is 56.4 Å². The molecule has 76 heavy (non-hydrogen) atoms. The third kappa shape index (κ3) is 12.6. The number of aryl methyl sites for hydroxylation is 1. The zero-order chi connectivity index (χ0) is 53.7. The second-order valence-corrected chi connectivity index (χ2v) is 22.4. The van der Waals surface area contributed by atoms with Crippen LogP contribution in [0.1, 0.15) is 102 Å². The smallest absolute Gasteiger partial charge is 0.410 e. The van der Waals surface area contributed by atoms with Crippen LogP contribution < -0.4 is 20.4 Å². The lowest BCUT2D eigenvalue weighted by Crippen LogP contribution is -2.60. The van der Waals surface area contributed by atoms with Gasteiger partial charge in [0.2, 0.25) is 0 Å². The third-order valence-electron chi connectivity index (χ3n) is 14.3. The fourth-order valence-electron chi connectivity index (χ4n) is 10.5. The van der Waals surface area contributed by atoms with E-state index in [0.29, 0.717) is 70.9 Å². The number of nitrogens with one attached hydrogen (secondary N) is 2. The van der Waals surface area contributed by atoms with Crippen molar-refractivity contribution in [2.75, 3.05) is 44.2 Å². The predicted octanol–water partition coefficient (Wildman–Crippen LogP) is 10.6. The highest BCUT2D eigenvalue weighted by atomic mass is 16.6. The Bertz CT molecular complexity index is 3050. The quantitative estimate of drug-likeness (QED) is 0.0994. The van der Waals surface area contributed by atoms with Gasteiger partial charge in [0.05, 0.1) is 29.9 Å². The number of cyclic esters (lactones) is 1. The zero-order valence-electron chi connectivity index (χ0n) is 45.3. The number of benzene rings is 4. The number of amides is 3. The van der Waals surface area contributed by atoms with Crippen LogP contribution in [0.2, 0.25) is 0 Å². The van der Waals surface area contributed by atoms with E-state index in [1.165, 1.54) is 5.01 Å². The highest BCUT2D eigenvalue weighted by Crippen LogP contribution is 2.43. The molecule has 0 radical (unpaired) electrons. The van der Waals surface area contributed by atoms with Crippen LogP contribution >= 0.6 is 0 Å². The molecule has 15 heteroatoms. The largest absolute Gasteiger partial charge is 0.489 e. The van der Waals surface area contributed by atoms with E-state index < -0.39 is 41.1 Å². The van der Waals surface area contributed by atoms with Crippen LogP contribution in [0.4, 0.5) is 15.3 Å². The van der Waals surface area contributed by atoms with Gasteiger partial charge >= 0.3 is 18.2 Å². The van der Waals surface area contributed by atoms with Crippen LogP contribution in [0.3, 0.4) is 0 Å². The van der Waals surface area contributed by atoms with Crippen LogP contribution in [0.25, 0.3) is 33.3 Å². The Morgan fingerprint density at radius 2 is 1.58 bits per heavy atom. The number of hydrogen-bond acceptors (Lipinski definition) is 11. The molecule has 2 atom stereocenters. The number of aromatic nitrogens is 2. The second kappa shape index (κ2) is 22.8. The molecule has 0 aliphatic carbocycles. The zero-order valence-corrected chi connectivity index (χ0v) is 45.3. The molecule has 3 aliphatic rings. The summed E-state index contributed by atoms with van der Waals surface area (Å²) in [6, 6.07) is 32.7. The molecule has 2 fully saturated rings. The number of rotatable bonds is 10. The van der Waals surface area contributed by atoms with Crippen molar-refractivity contribution in [2.45, 2.75) is 124 Å². The molecular formula is C61H73N7O8. The van der Waals surface area contributed by atoms with E-state index in [2.05, 4.69) is 85.2 Å². The maximum absolute atomic E-state index is 14.6. The Morgan fingerprint density at radius 1 is 0.868 bits per heavy atom. The molecule has 0 saturated carbocycles. The minimum atomic E-state index is -1.06. The maximum atomic E-state index is 14.6. The number of nitrogens with zero attached hydrogens (tertiary/aromatic N) is 5. The summed E-state index contributed by atoms with van der Waals surface area (Å²) in [5.41, 5.74) is 12.5. The maximum Gasteiger partial charge on any atom is 0.410 e. The second-order valence-electron chi connectivity index (χ2n) is 22.4. The fraction of sp³-hybridized carbons (Fsp3) is 0.426. The molecule has 2 saturated heterocycles. The van der Waals surface area contributed by atoms with Gasteiger partial charge in [-0.05, 0) is 117 Å². The Hall–Kier alpha value is -7.39. The van der Waals surface area contributed by atoms with Gasteiger partial charge < -0.3 is 38.6 Å². The summed E-state index contributed by atoms with van der Waals surface area (Å²) in [5.74, 6) is -0.156. The molecule has 9 rings (SSSR count). The van der Waals surface area contributed by atoms with Crippen molar-refractivity contribution in [2.24, 2.45) is 5.41 Å². The van der Waals surface area contributed by atoms with Crippen molar-refractivity contribution >= 4 is 40.7 Å². The number of esters is 1. The first-order valence-corrected chi connectivity index (χ1v) is 26.8. The Balaban J connectivity index is 1.14. The Kier molecular flexibility index (Phi) is 16.1. The number of piperazine rings is 1. The first-order chi connectivity index (χ1) is 36.4. The molecule has 400 valence electrons. The number of anilines is 1. The number of alkyl carbamates (subject to hydrolysis) is 1.